The molecule has 0 saturated heterocycles. The predicted molar refractivity (Wildman–Crippen MR) is 120 cm³/mol. The highest BCUT2D eigenvalue weighted by Crippen LogP contribution is 2.28. The SMILES string of the molecule is Cc1c(-c2ccccc2)ccc(F)c1C(=O)CNS(=O)(=O)c1ccc2ccccc2c1. The van der Waals surface area contributed by atoms with Gasteiger partial charge in [-0.05, 0) is 52.6 Å². The van der Waals surface area contributed by atoms with Crippen molar-refractivity contribution in [3.63, 3.8) is 0 Å². The molecule has 0 radical (unpaired) electrons. The van der Waals surface area contributed by atoms with Gasteiger partial charge in [0, 0.05) is 0 Å². The third-order valence-corrected chi connectivity index (χ3v) is 6.63. The molecular weight excluding hydrogens is 413 g/mol. The Kier molecular flexibility index (Phi) is 5.67. The summed E-state index contributed by atoms with van der Waals surface area (Å²) in [4.78, 5) is 12.8. The van der Waals surface area contributed by atoms with Crippen LogP contribution in [0.3, 0.4) is 0 Å². The first-order chi connectivity index (χ1) is 14.9. The molecule has 0 atom stereocenters. The molecule has 156 valence electrons. The molecule has 0 fully saturated rings. The van der Waals surface area contributed by atoms with E-state index in [2.05, 4.69) is 4.72 Å². The first-order valence-electron chi connectivity index (χ1n) is 9.73. The van der Waals surface area contributed by atoms with Crippen molar-refractivity contribution in [3.05, 3.63) is 102 Å². The largest absolute Gasteiger partial charge is 0.293 e. The van der Waals surface area contributed by atoms with Gasteiger partial charge in [-0.1, -0.05) is 66.7 Å². The topological polar surface area (TPSA) is 63.2 Å². The molecule has 0 aromatic heterocycles. The Labute approximate surface area is 180 Å². The molecule has 4 rings (SSSR count). The molecule has 4 aromatic rings. The van der Waals surface area contributed by atoms with Gasteiger partial charge in [-0.3, -0.25) is 4.79 Å². The monoisotopic (exact) mass is 433 g/mol. The standard InChI is InChI=1S/C25H20FNO3S/c1-17-22(19-8-3-2-4-9-19)13-14-23(26)25(17)24(28)16-27-31(29,30)21-12-11-18-7-5-6-10-20(18)15-21/h2-15,27H,16H2,1H3. The lowest BCUT2D eigenvalue weighted by Gasteiger charge is -2.13. The van der Waals surface area contributed by atoms with Crippen LogP contribution >= 0.6 is 0 Å². The molecule has 6 heteroatoms. The van der Waals surface area contributed by atoms with Gasteiger partial charge >= 0.3 is 0 Å². The third kappa shape index (κ3) is 4.26. The lowest BCUT2D eigenvalue weighted by molar-refractivity contribution is 0.0992. The fourth-order valence-electron chi connectivity index (χ4n) is 3.62. The average molecular weight is 434 g/mol. The number of fused-ring (bicyclic) bond motifs is 1. The maximum absolute atomic E-state index is 14.5. The fraction of sp³-hybridized carbons (Fsp3) is 0.0800. The number of ketones is 1. The van der Waals surface area contributed by atoms with E-state index in [1.807, 2.05) is 54.6 Å². The van der Waals surface area contributed by atoms with Gasteiger partial charge in [0.1, 0.15) is 5.82 Å². The number of Topliss-reactive ketones (excluding diaryl/α,β-unsaturated/α-hetero) is 1. The molecular formula is C25H20FNO3S. The van der Waals surface area contributed by atoms with E-state index >= 15 is 0 Å². The van der Waals surface area contributed by atoms with Crippen LogP contribution in [0, 0.1) is 12.7 Å². The summed E-state index contributed by atoms with van der Waals surface area (Å²) in [6.45, 7) is 1.13. The Morgan fingerprint density at radius 2 is 1.55 bits per heavy atom. The Hall–Kier alpha value is -3.35. The Balaban J connectivity index is 1.59. The minimum atomic E-state index is -3.94. The minimum absolute atomic E-state index is 0.0502. The van der Waals surface area contributed by atoms with Crippen LogP contribution in [0.5, 0.6) is 0 Å². The smallest absolute Gasteiger partial charge is 0.241 e. The number of halogens is 1. The van der Waals surface area contributed by atoms with E-state index in [1.165, 1.54) is 12.1 Å². The summed E-state index contributed by atoms with van der Waals surface area (Å²) in [6, 6.07) is 24.3. The zero-order valence-corrected chi connectivity index (χ0v) is 17.6. The number of nitrogens with one attached hydrogen (secondary N) is 1. The number of carbonyl (C=O) groups excluding carboxylic acids is 1. The summed E-state index contributed by atoms with van der Waals surface area (Å²) in [7, 11) is -3.94. The van der Waals surface area contributed by atoms with Gasteiger partial charge in [0.25, 0.3) is 0 Å². The predicted octanol–water partition coefficient (Wildman–Crippen LogP) is 5.12. The van der Waals surface area contributed by atoms with Crippen molar-refractivity contribution in [1.82, 2.24) is 4.72 Å². The molecule has 0 aliphatic carbocycles. The second-order valence-electron chi connectivity index (χ2n) is 7.22. The average Bonchev–Trinajstić information content (AvgIpc) is 2.78. The van der Waals surface area contributed by atoms with Gasteiger partial charge in [-0.25, -0.2) is 17.5 Å². The Morgan fingerprint density at radius 3 is 2.29 bits per heavy atom. The molecule has 0 amide bonds. The van der Waals surface area contributed by atoms with Crippen LogP contribution in [0.2, 0.25) is 0 Å². The summed E-state index contributed by atoms with van der Waals surface area (Å²) < 4.78 is 42.2. The molecule has 0 aliphatic rings. The van der Waals surface area contributed by atoms with Crippen molar-refractivity contribution in [2.45, 2.75) is 11.8 Å². The zero-order chi connectivity index (χ0) is 22.0. The highest BCUT2D eigenvalue weighted by atomic mass is 32.2. The van der Waals surface area contributed by atoms with Crippen LogP contribution in [0.25, 0.3) is 21.9 Å². The van der Waals surface area contributed by atoms with Gasteiger partial charge in [0.05, 0.1) is 17.0 Å². The Morgan fingerprint density at radius 1 is 0.871 bits per heavy atom. The first kappa shape index (κ1) is 20.9. The van der Waals surface area contributed by atoms with Crippen molar-refractivity contribution in [2.75, 3.05) is 6.54 Å². The van der Waals surface area contributed by atoms with E-state index in [-0.39, 0.29) is 10.5 Å². The van der Waals surface area contributed by atoms with Crippen molar-refractivity contribution < 1.29 is 17.6 Å². The fourth-order valence-corrected chi connectivity index (χ4v) is 4.64. The highest BCUT2D eigenvalue weighted by Gasteiger charge is 2.21. The van der Waals surface area contributed by atoms with Crippen molar-refractivity contribution in [2.24, 2.45) is 0 Å². The maximum Gasteiger partial charge on any atom is 0.241 e. The van der Waals surface area contributed by atoms with Crippen LogP contribution in [-0.4, -0.2) is 20.7 Å². The second-order valence-corrected chi connectivity index (χ2v) is 8.98. The molecule has 1 N–H and O–H groups in total. The lowest BCUT2D eigenvalue weighted by Crippen LogP contribution is -2.30. The van der Waals surface area contributed by atoms with E-state index < -0.39 is 28.2 Å². The van der Waals surface area contributed by atoms with Crippen molar-refractivity contribution in [3.8, 4) is 11.1 Å². The zero-order valence-electron chi connectivity index (χ0n) is 16.8. The molecule has 0 bridgehead atoms. The van der Waals surface area contributed by atoms with Gasteiger partial charge in [-0.2, -0.15) is 0 Å². The second kappa shape index (κ2) is 8.41. The van der Waals surface area contributed by atoms with Crippen LogP contribution < -0.4 is 4.72 Å². The highest BCUT2D eigenvalue weighted by molar-refractivity contribution is 7.89. The van der Waals surface area contributed by atoms with Gasteiger partial charge < -0.3 is 0 Å². The molecule has 0 heterocycles. The number of hydrogen-bond donors (Lipinski definition) is 1. The van der Waals surface area contributed by atoms with E-state index in [0.717, 1.165) is 21.9 Å². The number of sulfonamides is 1. The van der Waals surface area contributed by atoms with Crippen molar-refractivity contribution in [1.29, 1.82) is 0 Å². The summed E-state index contributed by atoms with van der Waals surface area (Å²) in [5, 5.41) is 1.68. The van der Waals surface area contributed by atoms with Crippen LogP contribution in [-0.2, 0) is 10.0 Å². The normalized spacial score (nSPS) is 11.5. The number of carbonyl (C=O) groups is 1. The van der Waals surface area contributed by atoms with E-state index in [9.17, 15) is 17.6 Å². The van der Waals surface area contributed by atoms with Gasteiger partial charge in [0.15, 0.2) is 5.78 Å². The lowest BCUT2D eigenvalue weighted by atomic mass is 9.94. The van der Waals surface area contributed by atoms with Crippen LogP contribution in [0.4, 0.5) is 4.39 Å². The van der Waals surface area contributed by atoms with Crippen molar-refractivity contribution >= 4 is 26.6 Å². The molecule has 4 aromatic carbocycles. The minimum Gasteiger partial charge on any atom is -0.293 e. The molecule has 0 spiro atoms. The number of hydrogen-bond acceptors (Lipinski definition) is 3. The van der Waals surface area contributed by atoms with E-state index in [0.29, 0.717) is 5.56 Å². The first-order valence-corrected chi connectivity index (χ1v) is 11.2. The Bertz CT molecular complexity index is 1380. The molecule has 4 nitrogen and oxygen atoms in total. The quantitative estimate of drug-likeness (QED) is 0.430. The van der Waals surface area contributed by atoms with E-state index in [4.69, 9.17) is 0 Å². The summed E-state index contributed by atoms with van der Waals surface area (Å²) in [5.74, 6) is -1.30. The van der Waals surface area contributed by atoms with Crippen LogP contribution in [0.15, 0.2) is 89.8 Å². The summed E-state index contributed by atoms with van der Waals surface area (Å²) in [5.41, 5.74) is 1.94. The number of benzene rings is 4. The summed E-state index contributed by atoms with van der Waals surface area (Å²) >= 11 is 0. The summed E-state index contributed by atoms with van der Waals surface area (Å²) in [6.07, 6.45) is 0. The molecule has 0 aliphatic heterocycles. The van der Waals surface area contributed by atoms with E-state index in [1.54, 1.807) is 25.1 Å². The molecule has 0 unspecified atom stereocenters. The van der Waals surface area contributed by atoms with Gasteiger partial charge in [-0.15, -0.1) is 0 Å². The molecule has 31 heavy (non-hydrogen) atoms. The van der Waals surface area contributed by atoms with Crippen LogP contribution in [0.1, 0.15) is 15.9 Å². The molecule has 0 saturated carbocycles. The third-order valence-electron chi connectivity index (χ3n) is 5.23. The van der Waals surface area contributed by atoms with Gasteiger partial charge in [0.2, 0.25) is 10.0 Å². The number of rotatable bonds is 6. The maximum atomic E-state index is 14.5.